The number of hydrazine groups is 1. The van der Waals surface area contributed by atoms with Crippen LogP contribution in [-0.2, 0) is 6.54 Å². The van der Waals surface area contributed by atoms with Crippen LogP contribution in [0.4, 0.5) is 15.8 Å². The molecule has 9 heteroatoms. The van der Waals surface area contributed by atoms with Crippen molar-refractivity contribution < 1.29 is 9.18 Å². The second-order valence-electron chi connectivity index (χ2n) is 7.31. The predicted molar refractivity (Wildman–Crippen MR) is 121 cm³/mol. The molecule has 31 heavy (non-hydrogen) atoms. The number of aryl methyl sites for hydroxylation is 1. The molecule has 2 aromatic carbocycles. The molecule has 2 heterocycles. The molecule has 162 valence electrons. The van der Waals surface area contributed by atoms with Crippen LogP contribution >= 0.6 is 11.6 Å². The van der Waals surface area contributed by atoms with E-state index in [1.807, 2.05) is 11.8 Å². The molecule has 0 radical (unpaired) electrons. The number of hydrogen-bond donors (Lipinski definition) is 3. The van der Waals surface area contributed by atoms with Gasteiger partial charge in [-0.05, 0) is 37.3 Å². The predicted octanol–water partition coefficient (Wildman–Crippen LogP) is 2.98. The van der Waals surface area contributed by atoms with Crippen molar-refractivity contribution in [2.24, 2.45) is 0 Å². The Labute approximate surface area is 183 Å². The lowest BCUT2D eigenvalue weighted by Gasteiger charge is -2.30. The van der Waals surface area contributed by atoms with Crippen LogP contribution in [0, 0.1) is 5.82 Å². The second kappa shape index (κ2) is 8.95. The number of carbonyl (C=O) groups excluding carboxylic acids is 1. The number of hydrogen-bond acceptors (Lipinski definition) is 5. The van der Waals surface area contributed by atoms with Crippen molar-refractivity contribution in [2.45, 2.75) is 13.5 Å². The third-order valence-corrected chi connectivity index (χ3v) is 5.57. The summed E-state index contributed by atoms with van der Waals surface area (Å²) in [6, 6.07) is 9.75. The molecule has 0 saturated carbocycles. The third kappa shape index (κ3) is 4.35. The Balaban J connectivity index is 1.69. The van der Waals surface area contributed by atoms with E-state index >= 15 is 0 Å². The summed E-state index contributed by atoms with van der Waals surface area (Å²) in [5.74, 6) is -1.08. The van der Waals surface area contributed by atoms with Crippen LogP contribution in [0.15, 0.2) is 47.4 Å². The van der Waals surface area contributed by atoms with Crippen molar-refractivity contribution in [1.82, 2.24) is 15.3 Å². The molecule has 4 rings (SSSR count). The first-order chi connectivity index (χ1) is 15.0. The highest BCUT2D eigenvalue weighted by molar-refractivity contribution is 6.30. The lowest BCUT2D eigenvalue weighted by molar-refractivity contribution is 0.0961. The fourth-order valence-electron chi connectivity index (χ4n) is 3.73. The molecule has 1 aromatic heterocycles. The Hall–Kier alpha value is -3.10. The molecular weight excluding hydrogens is 421 g/mol. The number of rotatable bonds is 5. The number of pyridine rings is 1. The van der Waals surface area contributed by atoms with Crippen LogP contribution in [0.2, 0.25) is 5.02 Å². The zero-order chi connectivity index (χ0) is 22.0. The van der Waals surface area contributed by atoms with E-state index in [1.165, 1.54) is 12.3 Å². The molecule has 1 amide bonds. The molecule has 3 N–H and O–H groups in total. The number of carbonyl (C=O) groups is 1. The molecule has 1 saturated heterocycles. The van der Waals surface area contributed by atoms with Gasteiger partial charge >= 0.3 is 0 Å². The number of nitrogens with one attached hydrogen (secondary N) is 3. The van der Waals surface area contributed by atoms with Gasteiger partial charge < -0.3 is 14.8 Å². The van der Waals surface area contributed by atoms with Gasteiger partial charge in [0.15, 0.2) is 0 Å². The molecule has 0 unspecified atom stereocenters. The lowest BCUT2D eigenvalue weighted by Crippen LogP contribution is -2.44. The summed E-state index contributed by atoms with van der Waals surface area (Å²) in [6.07, 6.45) is 1.51. The van der Waals surface area contributed by atoms with Crippen LogP contribution in [0.25, 0.3) is 10.9 Å². The topological polar surface area (TPSA) is 78.4 Å². The highest BCUT2D eigenvalue weighted by Gasteiger charge is 2.20. The van der Waals surface area contributed by atoms with E-state index in [2.05, 4.69) is 16.2 Å². The van der Waals surface area contributed by atoms with Crippen molar-refractivity contribution in [2.75, 3.05) is 36.5 Å². The molecule has 1 aliphatic heterocycles. The van der Waals surface area contributed by atoms with Gasteiger partial charge in [0.25, 0.3) is 5.91 Å². The fraction of sp³-hybridized carbons (Fsp3) is 0.273. The minimum atomic E-state index is -0.610. The van der Waals surface area contributed by atoms with Crippen molar-refractivity contribution in [3.8, 4) is 0 Å². The third-order valence-electron chi connectivity index (χ3n) is 5.34. The highest BCUT2D eigenvalue weighted by Crippen LogP contribution is 2.25. The minimum absolute atomic E-state index is 0.0711. The summed E-state index contributed by atoms with van der Waals surface area (Å²) in [6.45, 7) is 5.35. The van der Waals surface area contributed by atoms with Gasteiger partial charge in [0, 0.05) is 49.3 Å². The standard InChI is InChI=1S/C22H23ClFN5O2/c1-2-28-13-17(22(31)27-26-15-5-3-4-14(23)10-15)21(30)16-11-18(24)20(12-19(16)28)29-8-6-25-7-9-29/h3-5,10-13,25-26H,2,6-9H2,1H3,(H,27,31). The molecule has 0 aliphatic carbocycles. The Morgan fingerprint density at radius 1 is 1.23 bits per heavy atom. The van der Waals surface area contributed by atoms with E-state index in [9.17, 15) is 14.0 Å². The normalized spacial score (nSPS) is 14.0. The molecule has 3 aromatic rings. The Kier molecular flexibility index (Phi) is 6.11. The van der Waals surface area contributed by atoms with E-state index < -0.39 is 17.2 Å². The molecule has 0 atom stereocenters. The highest BCUT2D eigenvalue weighted by atomic mass is 35.5. The van der Waals surface area contributed by atoms with Crippen LogP contribution in [0.1, 0.15) is 17.3 Å². The SMILES string of the molecule is CCn1cc(C(=O)NNc2cccc(Cl)c2)c(=O)c2cc(F)c(N3CCNCC3)cc21. The maximum atomic E-state index is 14.9. The van der Waals surface area contributed by atoms with E-state index in [-0.39, 0.29) is 10.9 Å². The average molecular weight is 444 g/mol. The maximum Gasteiger partial charge on any atom is 0.275 e. The Bertz CT molecular complexity index is 1190. The molecule has 1 fully saturated rings. The molecule has 0 spiro atoms. The van der Waals surface area contributed by atoms with Crippen LogP contribution in [-0.4, -0.2) is 36.7 Å². The van der Waals surface area contributed by atoms with Crippen LogP contribution < -0.4 is 26.5 Å². The van der Waals surface area contributed by atoms with Gasteiger partial charge in [0.05, 0.1) is 16.9 Å². The molecule has 0 bridgehead atoms. The lowest BCUT2D eigenvalue weighted by atomic mass is 10.1. The summed E-state index contributed by atoms with van der Waals surface area (Å²) in [7, 11) is 0. The first-order valence-electron chi connectivity index (χ1n) is 10.1. The monoisotopic (exact) mass is 443 g/mol. The van der Waals surface area contributed by atoms with Crippen molar-refractivity contribution in [3.63, 3.8) is 0 Å². The number of aromatic nitrogens is 1. The first-order valence-corrected chi connectivity index (χ1v) is 10.5. The zero-order valence-corrected chi connectivity index (χ0v) is 17.8. The first kappa shape index (κ1) is 21.1. The van der Waals surface area contributed by atoms with Gasteiger partial charge in [-0.3, -0.25) is 20.4 Å². The number of fused-ring (bicyclic) bond motifs is 1. The van der Waals surface area contributed by atoms with Gasteiger partial charge in [0.2, 0.25) is 5.43 Å². The molecule has 1 aliphatic rings. The van der Waals surface area contributed by atoms with E-state index in [4.69, 9.17) is 11.6 Å². The maximum absolute atomic E-state index is 14.9. The number of amides is 1. The average Bonchev–Trinajstić information content (AvgIpc) is 2.78. The Morgan fingerprint density at radius 2 is 2.00 bits per heavy atom. The molecule has 7 nitrogen and oxygen atoms in total. The van der Waals surface area contributed by atoms with Crippen molar-refractivity contribution in [3.05, 3.63) is 69.2 Å². The number of benzene rings is 2. The van der Waals surface area contributed by atoms with Gasteiger partial charge in [-0.25, -0.2) is 4.39 Å². The van der Waals surface area contributed by atoms with Gasteiger partial charge in [-0.2, -0.15) is 0 Å². The number of piperazine rings is 1. The summed E-state index contributed by atoms with van der Waals surface area (Å²) in [5.41, 5.74) is 6.30. The van der Waals surface area contributed by atoms with Gasteiger partial charge in [0.1, 0.15) is 11.4 Å². The summed E-state index contributed by atoms with van der Waals surface area (Å²) < 4.78 is 16.7. The molecular formula is C22H23ClFN5O2. The number of nitrogens with zero attached hydrogens (tertiary/aromatic N) is 2. The fourth-order valence-corrected chi connectivity index (χ4v) is 3.92. The quantitative estimate of drug-likeness (QED) is 0.528. The smallest absolute Gasteiger partial charge is 0.275 e. The van der Waals surface area contributed by atoms with E-state index in [0.717, 1.165) is 13.1 Å². The zero-order valence-electron chi connectivity index (χ0n) is 17.0. The van der Waals surface area contributed by atoms with Gasteiger partial charge in [-0.1, -0.05) is 17.7 Å². The van der Waals surface area contributed by atoms with E-state index in [1.54, 1.807) is 34.9 Å². The van der Waals surface area contributed by atoms with Crippen LogP contribution in [0.5, 0.6) is 0 Å². The van der Waals surface area contributed by atoms with Crippen molar-refractivity contribution in [1.29, 1.82) is 0 Å². The number of anilines is 2. The Morgan fingerprint density at radius 3 is 2.71 bits per heavy atom. The number of halogens is 2. The largest absolute Gasteiger partial charge is 0.367 e. The summed E-state index contributed by atoms with van der Waals surface area (Å²) >= 11 is 5.94. The van der Waals surface area contributed by atoms with E-state index in [0.29, 0.717) is 41.5 Å². The summed E-state index contributed by atoms with van der Waals surface area (Å²) in [5, 5.41) is 3.93. The van der Waals surface area contributed by atoms with Crippen LogP contribution in [0.3, 0.4) is 0 Å². The minimum Gasteiger partial charge on any atom is -0.367 e. The second-order valence-corrected chi connectivity index (χ2v) is 7.74. The van der Waals surface area contributed by atoms with Crippen molar-refractivity contribution >= 4 is 39.8 Å². The summed E-state index contributed by atoms with van der Waals surface area (Å²) in [4.78, 5) is 27.7. The van der Waals surface area contributed by atoms with Gasteiger partial charge in [-0.15, -0.1) is 0 Å².